The smallest absolute Gasteiger partial charge is 0.409 e. The number of benzene rings is 1. The van der Waals surface area contributed by atoms with Gasteiger partial charge in [-0.2, -0.15) is 0 Å². The number of ether oxygens (including phenoxy) is 2. The first-order valence-corrected chi connectivity index (χ1v) is 8.15. The van der Waals surface area contributed by atoms with Gasteiger partial charge in [0.25, 0.3) is 5.91 Å². The lowest BCUT2D eigenvalue weighted by Gasteiger charge is -2.31. The standard InChI is InChI=1S/C17H22N2O4/c1-2-22-17(21)19-8-5-14(6-9-19)18-16(20)13-3-4-15-12(11-13)7-10-23-15/h3-4,11,14H,2,5-10H2,1H3,(H,18,20). The second-order valence-corrected chi connectivity index (χ2v) is 5.85. The number of nitrogens with zero attached hydrogens (tertiary/aromatic N) is 1. The Balaban J connectivity index is 1.52. The van der Waals surface area contributed by atoms with E-state index in [-0.39, 0.29) is 18.0 Å². The SMILES string of the molecule is CCOC(=O)N1CCC(NC(=O)c2ccc3c(c2)CCO3)CC1. The van der Waals surface area contributed by atoms with Crippen LogP contribution in [0.3, 0.4) is 0 Å². The van der Waals surface area contributed by atoms with Gasteiger partial charge in [-0.05, 0) is 43.5 Å². The molecule has 124 valence electrons. The third-order valence-electron chi connectivity index (χ3n) is 4.31. The van der Waals surface area contributed by atoms with Gasteiger partial charge in [0.2, 0.25) is 0 Å². The average Bonchev–Trinajstić information content (AvgIpc) is 3.03. The van der Waals surface area contributed by atoms with Gasteiger partial charge >= 0.3 is 6.09 Å². The molecule has 1 N–H and O–H groups in total. The second-order valence-electron chi connectivity index (χ2n) is 5.85. The quantitative estimate of drug-likeness (QED) is 0.925. The van der Waals surface area contributed by atoms with Gasteiger partial charge in [0.15, 0.2) is 0 Å². The fourth-order valence-corrected chi connectivity index (χ4v) is 3.02. The number of likely N-dealkylation sites (tertiary alicyclic amines) is 1. The molecular weight excluding hydrogens is 296 g/mol. The maximum atomic E-state index is 12.4. The molecule has 2 heterocycles. The fraction of sp³-hybridized carbons (Fsp3) is 0.529. The van der Waals surface area contributed by atoms with Crippen LogP contribution in [-0.4, -0.2) is 49.2 Å². The third kappa shape index (κ3) is 3.57. The highest BCUT2D eigenvalue weighted by Gasteiger charge is 2.25. The largest absolute Gasteiger partial charge is 0.493 e. The molecule has 0 unspecified atom stereocenters. The van der Waals surface area contributed by atoms with Crippen molar-refractivity contribution < 1.29 is 19.1 Å². The molecule has 0 radical (unpaired) electrons. The Kier molecular flexibility index (Phi) is 4.69. The molecule has 0 spiro atoms. The number of piperidine rings is 1. The Morgan fingerprint density at radius 1 is 1.35 bits per heavy atom. The molecule has 0 atom stereocenters. The van der Waals surface area contributed by atoms with Crippen LogP contribution < -0.4 is 10.1 Å². The van der Waals surface area contributed by atoms with Crippen LogP contribution in [0.4, 0.5) is 4.79 Å². The lowest BCUT2D eigenvalue weighted by atomic mass is 10.0. The van der Waals surface area contributed by atoms with Crippen LogP contribution in [0.2, 0.25) is 0 Å². The molecule has 6 heteroatoms. The van der Waals surface area contributed by atoms with Gasteiger partial charge in [0.05, 0.1) is 13.2 Å². The first-order chi connectivity index (χ1) is 11.2. The molecule has 0 saturated carbocycles. The molecule has 0 aliphatic carbocycles. The van der Waals surface area contributed by atoms with Gasteiger partial charge in [-0.15, -0.1) is 0 Å². The van der Waals surface area contributed by atoms with Crippen LogP contribution in [-0.2, 0) is 11.2 Å². The number of carbonyl (C=O) groups excluding carboxylic acids is 2. The molecule has 1 aromatic carbocycles. The van der Waals surface area contributed by atoms with Crippen molar-refractivity contribution in [2.45, 2.75) is 32.2 Å². The predicted octanol–water partition coefficient (Wildman–Crippen LogP) is 1.97. The van der Waals surface area contributed by atoms with Gasteiger partial charge < -0.3 is 19.7 Å². The highest BCUT2D eigenvalue weighted by atomic mass is 16.6. The van der Waals surface area contributed by atoms with Gasteiger partial charge in [0.1, 0.15) is 5.75 Å². The van der Waals surface area contributed by atoms with Crippen molar-refractivity contribution in [1.29, 1.82) is 0 Å². The summed E-state index contributed by atoms with van der Waals surface area (Å²) in [4.78, 5) is 25.7. The summed E-state index contributed by atoms with van der Waals surface area (Å²) in [5, 5.41) is 3.06. The highest BCUT2D eigenvalue weighted by Crippen LogP contribution is 2.26. The summed E-state index contributed by atoms with van der Waals surface area (Å²) >= 11 is 0. The predicted molar refractivity (Wildman–Crippen MR) is 84.7 cm³/mol. The second kappa shape index (κ2) is 6.89. The van der Waals surface area contributed by atoms with Gasteiger partial charge in [-0.3, -0.25) is 4.79 Å². The summed E-state index contributed by atoms with van der Waals surface area (Å²) in [6.07, 6.45) is 2.09. The number of nitrogens with one attached hydrogen (secondary N) is 1. The van der Waals surface area contributed by atoms with Gasteiger partial charge in [-0.1, -0.05) is 0 Å². The molecule has 1 fully saturated rings. The lowest BCUT2D eigenvalue weighted by molar-refractivity contribution is 0.0860. The number of amides is 2. The minimum atomic E-state index is -0.268. The minimum absolute atomic E-state index is 0.0608. The number of hydrogen-bond acceptors (Lipinski definition) is 4. The van der Waals surface area contributed by atoms with E-state index in [1.165, 1.54) is 0 Å². The van der Waals surface area contributed by atoms with E-state index < -0.39 is 0 Å². The molecule has 2 aliphatic heterocycles. The Hall–Kier alpha value is -2.24. The van der Waals surface area contributed by atoms with Crippen LogP contribution in [0.15, 0.2) is 18.2 Å². The Morgan fingerprint density at radius 2 is 2.13 bits per heavy atom. The number of carbonyl (C=O) groups is 2. The van der Waals surface area contributed by atoms with Crippen molar-refractivity contribution in [2.75, 3.05) is 26.3 Å². The Bertz CT molecular complexity index is 594. The van der Waals surface area contributed by atoms with Crippen LogP contribution in [0.1, 0.15) is 35.7 Å². The molecule has 1 aromatic rings. The number of hydrogen-bond donors (Lipinski definition) is 1. The van der Waals surface area contributed by atoms with Crippen molar-refractivity contribution in [3.05, 3.63) is 29.3 Å². The molecule has 0 aromatic heterocycles. The van der Waals surface area contributed by atoms with E-state index in [0.29, 0.717) is 31.9 Å². The Morgan fingerprint density at radius 3 is 2.87 bits per heavy atom. The molecular formula is C17H22N2O4. The summed E-state index contributed by atoms with van der Waals surface area (Å²) in [6.45, 7) is 4.10. The van der Waals surface area contributed by atoms with Gasteiger partial charge in [-0.25, -0.2) is 4.79 Å². The topological polar surface area (TPSA) is 67.9 Å². The van der Waals surface area contributed by atoms with Crippen molar-refractivity contribution in [2.24, 2.45) is 0 Å². The summed E-state index contributed by atoms with van der Waals surface area (Å²) in [6, 6.07) is 5.66. The van der Waals surface area contributed by atoms with Crippen LogP contribution in [0, 0.1) is 0 Å². The lowest BCUT2D eigenvalue weighted by Crippen LogP contribution is -2.46. The van der Waals surface area contributed by atoms with Crippen molar-refractivity contribution in [3.8, 4) is 5.75 Å². The molecule has 2 aliphatic rings. The van der Waals surface area contributed by atoms with Crippen LogP contribution >= 0.6 is 0 Å². The van der Waals surface area contributed by atoms with Crippen LogP contribution in [0.5, 0.6) is 5.75 Å². The van der Waals surface area contributed by atoms with E-state index in [4.69, 9.17) is 9.47 Å². The van der Waals surface area contributed by atoms with Crippen LogP contribution in [0.25, 0.3) is 0 Å². The first kappa shape index (κ1) is 15.6. The van der Waals surface area contributed by atoms with Crippen molar-refractivity contribution in [1.82, 2.24) is 10.2 Å². The molecule has 1 saturated heterocycles. The van der Waals surface area contributed by atoms with E-state index in [0.717, 1.165) is 30.6 Å². The fourth-order valence-electron chi connectivity index (χ4n) is 3.02. The third-order valence-corrected chi connectivity index (χ3v) is 4.31. The van der Waals surface area contributed by atoms with Gasteiger partial charge in [0, 0.05) is 31.1 Å². The summed E-state index contributed by atoms with van der Waals surface area (Å²) in [5.41, 5.74) is 1.76. The summed E-state index contributed by atoms with van der Waals surface area (Å²) < 4.78 is 10.5. The Labute approximate surface area is 135 Å². The monoisotopic (exact) mass is 318 g/mol. The first-order valence-electron chi connectivity index (χ1n) is 8.15. The molecule has 0 bridgehead atoms. The average molecular weight is 318 g/mol. The van der Waals surface area contributed by atoms with E-state index >= 15 is 0 Å². The number of rotatable bonds is 3. The maximum Gasteiger partial charge on any atom is 0.409 e. The maximum absolute atomic E-state index is 12.4. The molecule has 2 amide bonds. The van der Waals surface area contributed by atoms with E-state index in [1.54, 1.807) is 17.9 Å². The number of fused-ring (bicyclic) bond motifs is 1. The summed E-state index contributed by atoms with van der Waals surface area (Å²) in [5.74, 6) is 0.818. The zero-order valence-corrected chi connectivity index (χ0v) is 13.3. The van der Waals surface area contributed by atoms with E-state index in [1.807, 2.05) is 12.1 Å². The zero-order chi connectivity index (χ0) is 16.2. The van der Waals surface area contributed by atoms with Crippen molar-refractivity contribution in [3.63, 3.8) is 0 Å². The molecule has 23 heavy (non-hydrogen) atoms. The highest BCUT2D eigenvalue weighted by molar-refractivity contribution is 5.94. The van der Waals surface area contributed by atoms with E-state index in [9.17, 15) is 9.59 Å². The molecule has 3 rings (SSSR count). The van der Waals surface area contributed by atoms with E-state index in [2.05, 4.69) is 5.32 Å². The molecule has 6 nitrogen and oxygen atoms in total. The minimum Gasteiger partial charge on any atom is -0.493 e. The summed E-state index contributed by atoms with van der Waals surface area (Å²) in [7, 11) is 0. The van der Waals surface area contributed by atoms with Crippen molar-refractivity contribution >= 4 is 12.0 Å². The normalized spacial score (nSPS) is 17.3. The zero-order valence-electron chi connectivity index (χ0n) is 13.3.